The van der Waals surface area contributed by atoms with Crippen LogP contribution in [0.2, 0.25) is 0 Å². The first-order valence-electron chi connectivity index (χ1n) is 5.09. The van der Waals surface area contributed by atoms with Crippen molar-refractivity contribution in [3.63, 3.8) is 0 Å². The lowest BCUT2D eigenvalue weighted by Gasteiger charge is -2.16. The average molecular weight is 222 g/mol. The van der Waals surface area contributed by atoms with E-state index in [4.69, 9.17) is 14.8 Å². The molecule has 0 saturated carbocycles. The molecule has 2 aromatic rings. The van der Waals surface area contributed by atoms with Gasteiger partial charge in [0.05, 0.1) is 11.7 Å². The van der Waals surface area contributed by atoms with E-state index in [0.29, 0.717) is 23.0 Å². The van der Waals surface area contributed by atoms with Gasteiger partial charge < -0.3 is 14.8 Å². The Morgan fingerprint density at radius 1 is 1.44 bits per heavy atom. The number of aryl methyl sites for hydroxylation is 1. The van der Waals surface area contributed by atoms with Crippen molar-refractivity contribution in [2.75, 3.05) is 0 Å². The first kappa shape index (κ1) is 10.8. The highest BCUT2D eigenvalue weighted by Crippen LogP contribution is 2.24. The van der Waals surface area contributed by atoms with Crippen LogP contribution >= 0.6 is 0 Å². The number of hydrogen-bond donors (Lipinski definition) is 1. The Bertz CT molecular complexity index is 486. The van der Waals surface area contributed by atoms with Gasteiger partial charge in [-0.25, -0.2) is 0 Å². The quantitative estimate of drug-likeness (QED) is 0.848. The van der Waals surface area contributed by atoms with Crippen LogP contribution in [0.25, 0.3) is 11.5 Å². The van der Waals surface area contributed by atoms with Crippen LogP contribution in [-0.2, 0) is 5.54 Å². The van der Waals surface area contributed by atoms with Crippen LogP contribution in [-0.4, -0.2) is 15.3 Å². The van der Waals surface area contributed by atoms with E-state index in [1.807, 2.05) is 13.8 Å². The van der Waals surface area contributed by atoms with Crippen LogP contribution in [0.5, 0.6) is 0 Å². The van der Waals surface area contributed by atoms with Crippen molar-refractivity contribution in [1.29, 1.82) is 0 Å². The van der Waals surface area contributed by atoms with Crippen molar-refractivity contribution in [2.45, 2.75) is 32.7 Å². The molecule has 0 aliphatic heterocycles. The maximum atomic E-state index is 6.02. The molecule has 6 nitrogen and oxygen atoms in total. The van der Waals surface area contributed by atoms with Crippen molar-refractivity contribution in [3.05, 3.63) is 17.8 Å². The Balaban J connectivity index is 2.37. The van der Waals surface area contributed by atoms with Gasteiger partial charge in [-0.05, 0) is 20.3 Å². The van der Waals surface area contributed by atoms with Crippen LogP contribution in [0.1, 0.15) is 31.9 Å². The zero-order valence-electron chi connectivity index (χ0n) is 9.52. The average Bonchev–Trinajstić information content (AvgIpc) is 2.85. The summed E-state index contributed by atoms with van der Waals surface area (Å²) in [4.78, 5) is 4.25. The first-order chi connectivity index (χ1) is 7.54. The molecule has 2 N–H and O–H groups in total. The molecule has 2 heterocycles. The maximum absolute atomic E-state index is 6.02. The third-order valence-electron chi connectivity index (χ3n) is 2.65. The highest BCUT2D eigenvalue weighted by Gasteiger charge is 2.26. The summed E-state index contributed by atoms with van der Waals surface area (Å²) in [6, 6.07) is 0. The third kappa shape index (κ3) is 1.71. The molecular weight excluding hydrogens is 208 g/mol. The second-order valence-electron chi connectivity index (χ2n) is 3.99. The lowest BCUT2D eigenvalue weighted by Crippen LogP contribution is -2.33. The standard InChI is InChI=1S/C10H14N4O2/c1-4-10(3,11)9-13-8(16-14-9)7-5-12-15-6(7)2/h5H,4,11H2,1-3H3. The fourth-order valence-electron chi connectivity index (χ4n) is 1.23. The molecule has 86 valence electrons. The monoisotopic (exact) mass is 222 g/mol. The molecule has 1 unspecified atom stereocenters. The number of aromatic nitrogens is 3. The highest BCUT2D eigenvalue weighted by atomic mass is 16.5. The molecule has 0 amide bonds. The first-order valence-corrected chi connectivity index (χ1v) is 5.09. The topological polar surface area (TPSA) is 91.0 Å². The molecule has 0 spiro atoms. The summed E-state index contributed by atoms with van der Waals surface area (Å²) in [5.74, 6) is 1.52. The number of rotatable bonds is 3. The minimum absolute atomic E-state index is 0.388. The lowest BCUT2D eigenvalue weighted by atomic mass is 10.0. The number of nitrogens with zero attached hydrogens (tertiary/aromatic N) is 3. The predicted molar refractivity (Wildman–Crippen MR) is 56.4 cm³/mol. The van der Waals surface area contributed by atoms with E-state index in [2.05, 4.69) is 15.3 Å². The SMILES string of the molecule is CCC(C)(N)c1noc(-c2cnoc2C)n1. The Morgan fingerprint density at radius 3 is 2.75 bits per heavy atom. The van der Waals surface area contributed by atoms with Gasteiger partial charge in [-0.15, -0.1) is 0 Å². The van der Waals surface area contributed by atoms with Crippen molar-refractivity contribution < 1.29 is 9.05 Å². The molecule has 0 fully saturated rings. The van der Waals surface area contributed by atoms with Gasteiger partial charge in [0.2, 0.25) is 0 Å². The van der Waals surface area contributed by atoms with Crippen LogP contribution in [0.15, 0.2) is 15.2 Å². The Kier molecular flexibility index (Phi) is 2.51. The van der Waals surface area contributed by atoms with E-state index in [1.165, 1.54) is 0 Å². The lowest BCUT2D eigenvalue weighted by molar-refractivity contribution is 0.377. The summed E-state index contributed by atoms with van der Waals surface area (Å²) in [5.41, 5.74) is 6.14. The molecule has 2 rings (SSSR count). The molecule has 2 aromatic heterocycles. The summed E-state index contributed by atoms with van der Waals surface area (Å²) < 4.78 is 10.1. The zero-order valence-corrected chi connectivity index (χ0v) is 9.52. The van der Waals surface area contributed by atoms with Gasteiger partial charge in [0, 0.05) is 0 Å². The second kappa shape index (κ2) is 3.71. The van der Waals surface area contributed by atoms with E-state index < -0.39 is 5.54 Å². The molecule has 0 aliphatic rings. The Labute approximate surface area is 92.8 Å². The van der Waals surface area contributed by atoms with E-state index in [-0.39, 0.29) is 0 Å². The summed E-state index contributed by atoms with van der Waals surface area (Å²) in [7, 11) is 0. The number of nitrogens with two attached hydrogens (primary N) is 1. The van der Waals surface area contributed by atoms with Gasteiger partial charge >= 0.3 is 0 Å². The van der Waals surface area contributed by atoms with E-state index in [0.717, 1.165) is 6.42 Å². The zero-order chi connectivity index (χ0) is 11.8. The summed E-state index contributed by atoms with van der Waals surface area (Å²) in [6.07, 6.45) is 2.28. The third-order valence-corrected chi connectivity index (χ3v) is 2.65. The van der Waals surface area contributed by atoms with Crippen LogP contribution in [0, 0.1) is 6.92 Å². The second-order valence-corrected chi connectivity index (χ2v) is 3.99. The van der Waals surface area contributed by atoms with Crippen molar-refractivity contribution in [2.24, 2.45) is 5.73 Å². The largest absolute Gasteiger partial charge is 0.361 e. The molecule has 0 aromatic carbocycles. The number of hydrogen-bond acceptors (Lipinski definition) is 6. The molecule has 0 radical (unpaired) electrons. The van der Waals surface area contributed by atoms with Crippen LogP contribution < -0.4 is 5.73 Å². The van der Waals surface area contributed by atoms with Crippen molar-refractivity contribution >= 4 is 0 Å². The summed E-state index contributed by atoms with van der Waals surface area (Å²) in [6.45, 7) is 5.62. The fraction of sp³-hybridized carbons (Fsp3) is 0.500. The highest BCUT2D eigenvalue weighted by molar-refractivity contribution is 5.53. The van der Waals surface area contributed by atoms with Gasteiger partial charge in [0.15, 0.2) is 5.82 Å². The maximum Gasteiger partial charge on any atom is 0.263 e. The van der Waals surface area contributed by atoms with Crippen molar-refractivity contribution in [1.82, 2.24) is 15.3 Å². The smallest absolute Gasteiger partial charge is 0.263 e. The van der Waals surface area contributed by atoms with Gasteiger partial charge in [-0.2, -0.15) is 4.98 Å². The molecule has 1 atom stereocenters. The Hall–Kier alpha value is -1.69. The molecule has 0 bridgehead atoms. The fourth-order valence-corrected chi connectivity index (χ4v) is 1.23. The molecule has 0 saturated heterocycles. The van der Waals surface area contributed by atoms with E-state index >= 15 is 0 Å². The molecule has 6 heteroatoms. The molecule has 0 aliphatic carbocycles. The normalized spacial score (nSPS) is 15.0. The van der Waals surface area contributed by atoms with Crippen LogP contribution in [0.3, 0.4) is 0 Å². The molecule has 16 heavy (non-hydrogen) atoms. The predicted octanol–water partition coefficient (Wildman–Crippen LogP) is 1.62. The Morgan fingerprint density at radius 2 is 2.19 bits per heavy atom. The van der Waals surface area contributed by atoms with Gasteiger partial charge in [-0.3, -0.25) is 0 Å². The van der Waals surface area contributed by atoms with Gasteiger partial charge in [0.25, 0.3) is 5.89 Å². The summed E-state index contributed by atoms with van der Waals surface area (Å²) in [5, 5.41) is 7.53. The van der Waals surface area contributed by atoms with Crippen molar-refractivity contribution in [3.8, 4) is 11.5 Å². The van der Waals surface area contributed by atoms with Crippen LogP contribution in [0.4, 0.5) is 0 Å². The van der Waals surface area contributed by atoms with E-state index in [9.17, 15) is 0 Å². The minimum Gasteiger partial charge on any atom is -0.361 e. The van der Waals surface area contributed by atoms with Gasteiger partial charge in [-0.1, -0.05) is 17.2 Å². The molecular formula is C10H14N4O2. The van der Waals surface area contributed by atoms with E-state index in [1.54, 1.807) is 13.1 Å². The van der Waals surface area contributed by atoms with Gasteiger partial charge in [0.1, 0.15) is 11.3 Å². The summed E-state index contributed by atoms with van der Waals surface area (Å²) >= 11 is 0. The minimum atomic E-state index is -0.577.